The lowest BCUT2D eigenvalue weighted by Crippen LogP contribution is -2.33. The summed E-state index contributed by atoms with van der Waals surface area (Å²) in [7, 11) is 1.78. The highest BCUT2D eigenvalue weighted by molar-refractivity contribution is 9.10. The quantitative estimate of drug-likeness (QED) is 0.294. The fraction of sp³-hybridized carbons (Fsp3) is 0.240. The molecule has 0 spiro atoms. The van der Waals surface area contributed by atoms with Gasteiger partial charge in [-0.3, -0.25) is 14.5 Å². The van der Waals surface area contributed by atoms with Crippen LogP contribution in [0.2, 0.25) is 5.02 Å². The van der Waals surface area contributed by atoms with Crippen LogP contribution in [0, 0.1) is 0 Å². The number of likely N-dealkylation sites (N-methyl/N-ethyl adjacent to an activating group) is 2. The van der Waals surface area contributed by atoms with Gasteiger partial charge in [-0.05, 0) is 74.6 Å². The molecular formula is C25H24BrClN4O2S. The van der Waals surface area contributed by atoms with Gasteiger partial charge in [0.05, 0.1) is 5.69 Å². The highest BCUT2D eigenvalue weighted by atomic mass is 79.9. The zero-order valence-corrected chi connectivity index (χ0v) is 22.2. The van der Waals surface area contributed by atoms with Gasteiger partial charge >= 0.3 is 0 Å². The minimum absolute atomic E-state index is 0.0492. The van der Waals surface area contributed by atoms with Gasteiger partial charge in [-0.1, -0.05) is 27.5 Å². The Morgan fingerprint density at radius 2 is 1.82 bits per heavy atom. The maximum absolute atomic E-state index is 13.4. The number of nitrogens with zero attached hydrogens (tertiary/aromatic N) is 4. The van der Waals surface area contributed by atoms with E-state index in [1.807, 2.05) is 48.9 Å². The SMILES string of the molecule is CCN(CC)C(=O)Cn1cc(/C=C2/C(=O)N(c3ccc(Cl)cc3)C(=S)N2C)c2cc(Br)ccc21. The number of halogens is 2. The molecule has 0 bridgehead atoms. The smallest absolute Gasteiger partial charge is 0.281 e. The molecule has 3 aromatic rings. The minimum Gasteiger partial charge on any atom is -0.342 e. The second kappa shape index (κ2) is 9.90. The number of hydrogen-bond donors (Lipinski definition) is 0. The van der Waals surface area contributed by atoms with Crippen LogP contribution < -0.4 is 4.90 Å². The number of carbonyl (C=O) groups is 2. The topological polar surface area (TPSA) is 48.8 Å². The Hall–Kier alpha value is -2.68. The molecule has 1 aliphatic rings. The van der Waals surface area contributed by atoms with Crippen LogP contribution in [0.1, 0.15) is 19.4 Å². The van der Waals surface area contributed by atoms with E-state index in [0.29, 0.717) is 34.6 Å². The first-order valence-corrected chi connectivity index (χ1v) is 12.5. The average Bonchev–Trinajstić information content (AvgIpc) is 3.24. The number of thiocarbonyl (C=S) groups is 1. The summed E-state index contributed by atoms with van der Waals surface area (Å²) in [5.74, 6) is -0.168. The lowest BCUT2D eigenvalue weighted by molar-refractivity contribution is -0.131. The second-order valence-electron chi connectivity index (χ2n) is 7.93. The molecule has 2 amide bonds. The molecule has 34 heavy (non-hydrogen) atoms. The predicted octanol–water partition coefficient (Wildman–Crippen LogP) is 5.53. The molecule has 0 atom stereocenters. The summed E-state index contributed by atoms with van der Waals surface area (Å²) in [6.45, 7) is 5.49. The highest BCUT2D eigenvalue weighted by Gasteiger charge is 2.37. The van der Waals surface area contributed by atoms with E-state index in [9.17, 15) is 9.59 Å². The Kier molecular flexibility index (Phi) is 7.12. The van der Waals surface area contributed by atoms with E-state index in [2.05, 4.69) is 15.9 Å². The summed E-state index contributed by atoms with van der Waals surface area (Å²) in [6.07, 6.45) is 3.75. The lowest BCUT2D eigenvalue weighted by atomic mass is 10.1. The van der Waals surface area contributed by atoms with Crippen molar-refractivity contribution in [1.29, 1.82) is 0 Å². The monoisotopic (exact) mass is 558 g/mol. The van der Waals surface area contributed by atoms with Crippen LogP contribution in [0.3, 0.4) is 0 Å². The van der Waals surface area contributed by atoms with E-state index in [1.54, 1.807) is 41.1 Å². The van der Waals surface area contributed by atoms with Crippen LogP contribution in [0.4, 0.5) is 5.69 Å². The number of fused-ring (bicyclic) bond motifs is 1. The molecule has 0 aliphatic carbocycles. The molecule has 2 heterocycles. The van der Waals surface area contributed by atoms with Crippen LogP contribution in [0.5, 0.6) is 0 Å². The molecular weight excluding hydrogens is 536 g/mol. The van der Waals surface area contributed by atoms with Crippen molar-refractivity contribution in [2.24, 2.45) is 0 Å². The van der Waals surface area contributed by atoms with Gasteiger partial charge in [0.25, 0.3) is 5.91 Å². The molecule has 1 fully saturated rings. The molecule has 0 unspecified atom stereocenters. The summed E-state index contributed by atoms with van der Waals surface area (Å²) in [4.78, 5) is 31.2. The van der Waals surface area contributed by atoms with E-state index < -0.39 is 0 Å². The van der Waals surface area contributed by atoms with Crippen molar-refractivity contribution in [3.05, 3.63) is 69.4 Å². The maximum atomic E-state index is 13.4. The average molecular weight is 560 g/mol. The standard InChI is InChI=1S/C25H24BrClN4O2S/c1-4-29(5-2)23(32)15-30-14-16(20-13-17(26)6-11-21(20)30)12-22-24(33)31(25(34)28(22)3)19-9-7-18(27)8-10-19/h6-14H,4-5,15H2,1-3H3/b22-12-. The Morgan fingerprint density at radius 1 is 1.15 bits per heavy atom. The van der Waals surface area contributed by atoms with Crippen molar-refractivity contribution in [2.75, 3.05) is 25.0 Å². The molecule has 1 aromatic heterocycles. The van der Waals surface area contributed by atoms with E-state index in [4.69, 9.17) is 23.8 Å². The van der Waals surface area contributed by atoms with Crippen molar-refractivity contribution in [3.8, 4) is 0 Å². The number of anilines is 1. The van der Waals surface area contributed by atoms with E-state index in [1.165, 1.54) is 4.90 Å². The van der Waals surface area contributed by atoms with Crippen molar-refractivity contribution in [1.82, 2.24) is 14.4 Å². The fourth-order valence-corrected chi connectivity index (χ4v) is 4.86. The van der Waals surface area contributed by atoms with Gasteiger partial charge in [-0.15, -0.1) is 0 Å². The number of amides is 2. The number of benzene rings is 2. The molecule has 9 heteroatoms. The molecule has 4 rings (SSSR count). The minimum atomic E-state index is -0.218. The normalized spacial score (nSPS) is 15.1. The number of carbonyl (C=O) groups excluding carboxylic acids is 2. The lowest BCUT2D eigenvalue weighted by Gasteiger charge is -2.19. The zero-order valence-electron chi connectivity index (χ0n) is 19.1. The highest BCUT2D eigenvalue weighted by Crippen LogP contribution is 2.32. The van der Waals surface area contributed by atoms with Crippen molar-refractivity contribution in [3.63, 3.8) is 0 Å². The van der Waals surface area contributed by atoms with E-state index in [-0.39, 0.29) is 18.4 Å². The van der Waals surface area contributed by atoms with Crippen LogP contribution in [0.25, 0.3) is 17.0 Å². The van der Waals surface area contributed by atoms with Crippen molar-refractivity contribution in [2.45, 2.75) is 20.4 Å². The Morgan fingerprint density at radius 3 is 2.47 bits per heavy atom. The third-order valence-electron chi connectivity index (χ3n) is 5.93. The number of hydrogen-bond acceptors (Lipinski definition) is 3. The Balaban J connectivity index is 1.76. The Bertz CT molecular complexity index is 1310. The molecule has 6 nitrogen and oxygen atoms in total. The third kappa shape index (κ3) is 4.50. The summed E-state index contributed by atoms with van der Waals surface area (Å²) >= 11 is 15.1. The van der Waals surface area contributed by atoms with Gasteiger partial charge in [-0.25, -0.2) is 0 Å². The Labute approximate surface area is 217 Å². The van der Waals surface area contributed by atoms with Crippen LogP contribution in [-0.2, 0) is 16.1 Å². The van der Waals surface area contributed by atoms with Gasteiger partial charge < -0.3 is 14.4 Å². The van der Waals surface area contributed by atoms with E-state index >= 15 is 0 Å². The molecule has 2 aromatic carbocycles. The molecule has 0 radical (unpaired) electrons. The molecule has 1 saturated heterocycles. The van der Waals surface area contributed by atoms with Crippen molar-refractivity contribution >= 4 is 79.3 Å². The van der Waals surface area contributed by atoms with Crippen LogP contribution in [0.15, 0.2) is 58.8 Å². The first kappa shape index (κ1) is 24.4. The van der Waals surface area contributed by atoms with Crippen LogP contribution in [-0.4, -0.2) is 51.4 Å². The largest absolute Gasteiger partial charge is 0.342 e. The molecule has 0 N–H and O–H groups in total. The third-order valence-corrected chi connectivity index (χ3v) is 7.14. The van der Waals surface area contributed by atoms with Gasteiger partial charge in [0.2, 0.25) is 5.91 Å². The maximum Gasteiger partial charge on any atom is 0.281 e. The first-order valence-electron chi connectivity index (χ1n) is 10.9. The fourth-order valence-electron chi connectivity index (χ4n) is 4.09. The molecule has 1 aliphatic heterocycles. The summed E-state index contributed by atoms with van der Waals surface area (Å²) in [5.41, 5.74) is 2.86. The number of rotatable bonds is 6. The van der Waals surface area contributed by atoms with Crippen LogP contribution >= 0.6 is 39.7 Å². The molecule has 0 saturated carbocycles. The van der Waals surface area contributed by atoms with Gasteiger partial charge in [0.1, 0.15) is 12.2 Å². The summed E-state index contributed by atoms with van der Waals surface area (Å²) in [5, 5.41) is 1.91. The second-order valence-corrected chi connectivity index (χ2v) is 9.65. The molecule has 176 valence electrons. The number of aromatic nitrogens is 1. The summed E-state index contributed by atoms with van der Waals surface area (Å²) in [6, 6.07) is 12.9. The predicted molar refractivity (Wildman–Crippen MR) is 145 cm³/mol. The zero-order chi connectivity index (χ0) is 24.6. The van der Waals surface area contributed by atoms with Gasteiger partial charge in [-0.2, -0.15) is 0 Å². The first-order chi connectivity index (χ1) is 16.2. The van der Waals surface area contributed by atoms with Crippen molar-refractivity contribution < 1.29 is 9.59 Å². The van der Waals surface area contributed by atoms with Gasteiger partial charge in [0.15, 0.2) is 5.11 Å². The van der Waals surface area contributed by atoms with Gasteiger partial charge in [0, 0.05) is 52.3 Å². The summed E-state index contributed by atoms with van der Waals surface area (Å²) < 4.78 is 2.85. The van der Waals surface area contributed by atoms with E-state index in [0.717, 1.165) is 20.9 Å².